The number of carbonyl (C=O) groups is 1. The fourth-order valence-electron chi connectivity index (χ4n) is 2.38. The van der Waals surface area contributed by atoms with Crippen molar-refractivity contribution in [1.82, 2.24) is 15.4 Å². The lowest BCUT2D eigenvalue weighted by Gasteiger charge is -2.16. The van der Waals surface area contributed by atoms with Crippen LogP contribution in [0.4, 0.5) is 0 Å². The van der Waals surface area contributed by atoms with Gasteiger partial charge in [0.15, 0.2) is 0 Å². The van der Waals surface area contributed by atoms with Gasteiger partial charge in [0.25, 0.3) is 0 Å². The second-order valence-corrected chi connectivity index (χ2v) is 7.29. The summed E-state index contributed by atoms with van der Waals surface area (Å²) < 4.78 is 24.1. The summed E-state index contributed by atoms with van der Waals surface area (Å²) in [6.07, 6.45) is 8.94. The van der Waals surface area contributed by atoms with E-state index in [9.17, 15) is 13.2 Å². The molecule has 1 fully saturated rings. The Bertz CT molecular complexity index is 376. The molecular formula is C13H27N3O3S. The highest BCUT2D eigenvalue weighted by Gasteiger charge is 2.14. The number of carbonyl (C=O) groups excluding carboxylic acids is 1. The van der Waals surface area contributed by atoms with Gasteiger partial charge in [-0.15, -0.1) is 0 Å². The van der Waals surface area contributed by atoms with Crippen LogP contribution in [-0.4, -0.2) is 46.3 Å². The van der Waals surface area contributed by atoms with E-state index in [0.717, 1.165) is 19.1 Å². The van der Waals surface area contributed by atoms with Crippen LogP contribution in [0.5, 0.6) is 0 Å². The number of sulfonamides is 1. The molecule has 1 rings (SSSR count). The van der Waals surface area contributed by atoms with E-state index in [0.29, 0.717) is 32.1 Å². The summed E-state index contributed by atoms with van der Waals surface area (Å²) in [6, 6.07) is 0.332. The Balaban J connectivity index is 2.02. The van der Waals surface area contributed by atoms with E-state index in [-0.39, 0.29) is 5.91 Å². The van der Waals surface area contributed by atoms with E-state index >= 15 is 0 Å². The molecule has 0 bridgehead atoms. The van der Waals surface area contributed by atoms with Crippen molar-refractivity contribution in [2.24, 2.45) is 0 Å². The third-order valence-electron chi connectivity index (χ3n) is 3.40. The Kier molecular flexibility index (Phi) is 8.09. The van der Waals surface area contributed by atoms with Crippen molar-refractivity contribution in [3.63, 3.8) is 0 Å². The van der Waals surface area contributed by atoms with Crippen LogP contribution in [0.15, 0.2) is 0 Å². The molecule has 0 aromatic rings. The first kappa shape index (κ1) is 17.4. The number of hydrogen-bond acceptors (Lipinski definition) is 4. The predicted molar refractivity (Wildman–Crippen MR) is 80.0 cm³/mol. The minimum Gasteiger partial charge on any atom is -0.352 e. The van der Waals surface area contributed by atoms with E-state index in [1.165, 1.54) is 25.7 Å². The van der Waals surface area contributed by atoms with Gasteiger partial charge in [0, 0.05) is 12.6 Å². The lowest BCUT2D eigenvalue weighted by atomic mass is 10.1. The van der Waals surface area contributed by atoms with Crippen LogP contribution in [0.25, 0.3) is 0 Å². The predicted octanol–water partition coefficient (Wildman–Crippen LogP) is 0.354. The molecule has 0 atom stereocenters. The average Bonchev–Trinajstić information content (AvgIpc) is 2.61. The van der Waals surface area contributed by atoms with Crippen molar-refractivity contribution in [1.29, 1.82) is 0 Å². The lowest BCUT2D eigenvalue weighted by molar-refractivity contribution is -0.121. The van der Waals surface area contributed by atoms with Gasteiger partial charge in [-0.3, -0.25) is 4.79 Å². The van der Waals surface area contributed by atoms with Crippen LogP contribution >= 0.6 is 0 Å². The minimum atomic E-state index is -3.11. The Morgan fingerprint density at radius 2 is 1.75 bits per heavy atom. The number of rotatable bonds is 8. The van der Waals surface area contributed by atoms with Gasteiger partial charge in [-0.25, -0.2) is 13.1 Å². The monoisotopic (exact) mass is 305 g/mol. The quantitative estimate of drug-likeness (QED) is 0.446. The van der Waals surface area contributed by atoms with Gasteiger partial charge >= 0.3 is 0 Å². The largest absolute Gasteiger partial charge is 0.352 e. The molecule has 0 unspecified atom stereocenters. The van der Waals surface area contributed by atoms with Gasteiger partial charge in [-0.05, 0) is 25.8 Å². The topological polar surface area (TPSA) is 87.3 Å². The van der Waals surface area contributed by atoms with Gasteiger partial charge in [0.2, 0.25) is 15.9 Å². The molecule has 7 heteroatoms. The lowest BCUT2D eigenvalue weighted by Crippen LogP contribution is -2.40. The molecule has 1 amide bonds. The first-order valence-electron chi connectivity index (χ1n) is 7.42. The highest BCUT2D eigenvalue weighted by Crippen LogP contribution is 2.16. The van der Waals surface area contributed by atoms with Crippen LogP contribution in [0.1, 0.15) is 44.9 Å². The zero-order valence-electron chi connectivity index (χ0n) is 12.3. The normalized spacial score (nSPS) is 17.6. The van der Waals surface area contributed by atoms with E-state index in [4.69, 9.17) is 0 Å². The first-order chi connectivity index (χ1) is 9.47. The molecule has 0 aliphatic heterocycles. The molecule has 0 spiro atoms. The van der Waals surface area contributed by atoms with Crippen molar-refractivity contribution in [3.05, 3.63) is 0 Å². The molecule has 20 heavy (non-hydrogen) atoms. The molecule has 0 aromatic heterocycles. The summed E-state index contributed by atoms with van der Waals surface area (Å²) >= 11 is 0. The summed E-state index contributed by atoms with van der Waals surface area (Å²) in [4.78, 5) is 11.7. The Morgan fingerprint density at radius 1 is 1.10 bits per heavy atom. The molecule has 1 aliphatic carbocycles. The zero-order valence-corrected chi connectivity index (χ0v) is 13.1. The van der Waals surface area contributed by atoms with Gasteiger partial charge in [0.05, 0.1) is 12.8 Å². The third kappa shape index (κ3) is 9.28. The van der Waals surface area contributed by atoms with Crippen LogP contribution in [-0.2, 0) is 14.8 Å². The minimum absolute atomic E-state index is 0.0352. The Labute approximate surface area is 122 Å². The van der Waals surface area contributed by atoms with Crippen molar-refractivity contribution in [2.45, 2.75) is 51.0 Å². The number of amides is 1. The Hall–Kier alpha value is -0.660. The third-order valence-corrected chi connectivity index (χ3v) is 4.13. The van der Waals surface area contributed by atoms with Gasteiger partial charge in [0.1, 0.15) is 0 Å². The summed E-state index contributed by atoms with van der Waals surface area (Å²) in [5.74, 6) is 0.0352. The SMILES string of the molecule is CS(=O)(=O)NCCCNCC(=O)NC1CCCCCC1. The zero-order chi connectivity index (χ0) is 14.8. The summed E-state index contributed by atoms with van der Waals surface area (Å²) in [5, 5.41) is 6.09. The molecule has 0 heterocycles. The van der Waals surface area contributed by atoms with E-state index in [2.05, 4.69) is 15.4 Å². The van der Waals surface area contributed by atoms with Crippen LogP contribution in [0.3, 0.4) is 0 Å². The van der Waals surface area contributed by atoms with Gasteiger partial charge in [-0.2, -0.15) is 0 Å². The van der Waals surface area contributed by atoms with Crippen molar-refractivity contribution < 1.29 is 13.2 Å². The van der Waals surface area contributed by atoms with Gasteiger partial charge < -0.3 is 10.6 Å². The fraction of sp³-hybridized carbons (Fsp3) is 0.923. The van der Waals surface area contributed by atoms with Crippen molar-refractivity contribution in [2.75, 3.05) is 25.9 Å². The fourth-order valence-corrected chi connectivity index (χ4v) is 2.89. The highest BCUT2D eigenvalue weighted by molar-refractivity contribution is 7.88. The van der Waals surface area contributed by atoms with Crippen LogP contribution < -0.4 is 15.4 Å². The van der Waals surface area contributed by atoms with Crippen molar-refractivity contribution in [3.8, 4) is 0 Å². The second kappa shape index (κ2) is 9.31. The van der Waals surface area contributed by atoms with Gasteiger partial charge in [-0.1, -0.05) is 25.7 Å². The average molecular weight is 305 g/mol. The van der Waals surface area contributed by atoms with Crippen molar-refractivity contribution >= 4 is 15.9 Å². The number of hydrogen-bond donors (Lipinski definition) is 3. The van der Waals surface area contributed by atoms with Crippen LogP contribution in [0.2, 0.25) is 0 Å². The standard InChI is InChI=1S/C13H27N3O3S/c1-20(18,19)15-10-6-9-14-11-13(17)16-12-7-4-2-3-5-8-12/h12,14-15H,2-11H2,1H3,(H,16,17). The van der Waals surface area contributed by atoms with E-state index < -0.39 is 10.0 Å². The molecule has 1 aliphatic rings. The maximum Gasteiger partial charge on any atom is 0.234 e. The maximum atomic E-state index is 11.7. The highest BCUT2D eigenvalue weighted by atomic mass is 32.2. The summed E-state index contributed by atoms with van der Waals surface area (Å²) in [6.45, 7) is 1.33. The summed E-state index contributed by atoms with van der Waals surface area (Å²) in [5.41, 5.74) is 0. The summed E-state index contributed by atoms with van der Waals surface area (Å²) in [7, 11) is -3.11. The molecule has 1 saturated carbocycles. The smallest absolute Gasteiger partial charge is 0.234 e. The first-order valence-corrected chi connectivity index (χ1v) is 9.31. The maximum absolute atomic E-state index is 11.7. The molecule has 6 nitrogen and oxygen atoms in total. The van der Waals surface area contributed by atoms with Crippen LogP contribution in [0, 0.1) is 0 Å². The van der Waals surface area contributed by atoms with E-state index in [1.54, 1.807) is 0 Å². The molecule has 0 radical (unpaired) electrons. The second-order valence-electron chi connectivity index (χ2n) is 5.45. The molecular weight excluding hydrogens is 278 g/mol. The Morgan fingerprint density at radius 3 is 2.35 bits per heavy atom. The molecule has 0 aromatic carbocycles. The molecule has 3 N–H and O–H groups in total. The molecule has 118 valence electrons. The van der Waals surface area contributed by atoms with E-state index in [1.807, 2.05) is 0 Å². The number of nitrogens with one attached hydrogen (secondary N) is 3. The molecule has 0 saturated heterocycles.